The van der Waals surface area contributed by atoms with Crippen molar-refractivity contribution in [1.82, 2.24) is 5.32 Å². The van der Waals surface area contributed by atoms with E-state index in [2.05, 4.69) is 12.2 Å². The van der Waals surface area contributed by atoms with Crippen LogP contribution in [0.1, 0.15) is 39.5 Å². The minimum atomic E-state index is -0.486. The van der Waals surface area contributed by atoms with Crippen LogP contribution in [-0.2, 0) is 9.53 Å². The van der Waals surface area contributed by atoms with Gasteiger partial charge in [0.15, 0.2) is 0 Å². The Kier molecular flexibility index (Phi) is 6.46. The van der Waals surface area contributed by atoms with Crippen LogP contribution in [0.5, 0.6) is 0 Å². The van der Waals surface area contributed by atoms with Gasteiger partial charge in [-0.1, -0.05) is 13.8 Å². The molecule has 2 N–H and O–H groups in total. The Balaban J connectivity index is 2.57. The van der Waals surface area contributed by atoms with Gasteiger partial charge in [-0.25, -0.2) is 0 Å². The number of ether oxygens (including phenoxy) is 1. The molecule has 0 heterocycles. The summed E-state index contributed by atoms with van der Waals surface area (Å²) in [5.41, 5.74) is -0.486. The van der Waals surface area contributed by atoms with E-state index in [1.807, 2.05) is 18.7 Å². The molecule has 1 aliphatic rings. The van der Waals surface area contributed by atoms with E-state index in [1.54, 1.807) is 0 Å². The molecule has 0 aromatic heterocycles. The van der Waals surface area contributed by atoms with Crippen LogP contribution < -0.4 is 5.32 Å². The molecule has 1 rings (SSSR count). The highest BCUT2D eigenvalue weighted by molar-refractivity contribution is 8.00. The van der Waals surface area contributed by atoms with Crippen molar-refractivity contribution in [3.05, 3.63) is 0 Å². The molecule has 0 amide bonds. The zero-order valence-electron chi connectivity index (χ0n) is 11.6. The fourth-order valence-electron chi connectivity index (χ4n) is 2.65. The maximum Gasteiger partial charge on any atom is 0.326 e. The number of esters is 1. The first kappa shape index (κ1) is 15.8. The number of nitrogens with one attached hydrogen (secondary N) is 1. The van der Waals surface area contributed by atoms with Crippen LogP contribution in [0.4, 0.5) is 0 Å². The average Bonchev–Trinajstić information content (AvgIpc) is 2.73. The van der Waals surface area contributed by atoms with Gasteiger partial charge in [0, 0.05) is 17.1 Å². The van der Waals surface area contributed by atoms with Crippen molar-refractivity contribution >= 4 is 17.7 Å². The predicted molar refractivity (Wildman–Crippen MR) is 74.8 cm³/mol. The lowest BCUT2D eigenvalue weighted by molar-refractivity contribution is -0.148. The molecule has 3 atom stereocenters. The van der Waals surface area contributed by atoms with Crippen molar-refractivity contribution in [2.75, 3.05) is 20.3 Å². The number of carbonyl (C=O) groups excluding carboxylic acids is 1. The fraction of sp³-hybridized carbons (Fsp3) is 0.923. The Morgan fingerprint density at radius 2 is 2.39 bits per heavy atom. The van der Waals surface area contributed by atoms with Crippen LogP contribution in [0.3, 0.4) is 0 Å². The van der Waals surface area contributed by atoms with Gasteiger partial charge in [-0.05, 0) is 32.2 Å². The maximum atomic E-state index is 11.9. The van der Waals surface area contributed by atoms with Gasteiger partial charge in [0.05, 0.1) is 7.11 Å². The first-order valence-corrected chi connectivity index (χ1v) is 7.62. The summed E-state index contributed by atoms with van der Waals surface area (Å²) in [6.45, 7) is 5.15. The largest absolute Gasteiger partial charge is 0.468 e. The predicted octanol–water partition coefficient (Wildman–Crippen LogP) is 1.56. The topological polar surface area (TPSA) is 58.6 Å². The van der Waals surface area contributed by atoms with Crippen LogP contribution in [0, 0.1) is 0 Å². The van der Waals surface area contributed by atoms with Gasteiger partial charge in [-0.3, -0.25) is 4.79 Å². The second kappa shape index (κ2) is 7.36. The van der Waals surface area contributed by atoms with Crippen molar-refractivity contribution in [2.24, 2.45) is 0 Å². The number of aliphatic hydroxyl groups excluding tert-OH is 1. The lowest BCUT2D eigenvalue weighted by atomic mass is 9.98. The quantitative estimate of drug-likeness (QED) is 0.691. The van der Waals surface area contributed by atoms with E-state index >= 15 is 0 Å². The number of hydrogen-bond donors (Lipinski definition) is 2. The zero-order valence-corrected chi connectivity index (χ0v) is 12.4. The highest BCUT2D eigenvalue weighted by atomic mass is 32.2. The Morgan fingerprint density at radius 1 is 1.67 bits per heavy atom. The summed E-state index contributed by atoms with van der Waals surface area (Å²) in [5, 5.41) is 13.1. The molecule has 1 aliphatic carbocycles. The molecule has 0 spiro atoms. The van der Waals surface area contributed by atoms with Gasteiger partial charge in [-0.15, -0.1) is 0 Å². The molecule has 3 unspecified atom stereocenters. The van der Waals surface area contributed by atoms with Crippen LogP contribution >= 0.6 is 11.8 Å². The Labute approximate surface area is 114 Å². The average molecular weight is 275 g/mol. The summed E-state index contributed by atoms with van der Waals surface area (Å²) in [4.78, 5) is 11.9. The van der Waals surface area contributed by atoms with Crippen LogP contribution in [0.25, 0.3) is 0 Å². The molecule has 4 nitrogen and oxygen atoms in total. The molecule has 0 aromatic rings. The van der Waals surface area contributed by atoms with E-state index < -0.39 is 5.54 Å². The van der Waals surface area contributed by atoms with Crippen molar-refractivity contribution in [3.63, 3.8) is 0 Å². The molecule has 0 aromatic carbocycles. The van der Waals surface area contributed by atoms with Gasteiger partial charge >= 0.3 is 5.97 Å². The molecular weight excluding hydrogens is 250 g/mol. The van der Waals surface area contributed by atoms with Gasteiger partial charge < -0.3 is 15.2 Å². The maximum absolute atomic E-state index is 11.9. The first-order chi connectivity index (χ1) is 8.57. The third-order valence-corrected chi connectivity index (χ3v) is 5.01. The number of thioether (sulfide) groups is 1. The van der Waals surface area contributed by atoms with Crippen LogP contribution in [-0.4, -0.2) is 47.4 Å². The summed E-state index contributed by atoms with van der Waals surface area (Å²) in [6.07, 6.45) is 3.51. The molecule has 106 valence electrons. The molecule has 5 heteroatoms. The lowest BCUT2D eigenvalue weighted by Crippen LogP contribution is -2.50. The lowest BCUT2D eigenvalue weighted by Gasteiger charge is -2.27. The van der Waals surface area contributed by atoms with E-state index in [1.165, 1.54) is 7.11 Å². The molecule has 0 radical (unpaired) electrons. The minimum absolute atomic E-state index is 0.137. The number of likely N-dealkylation sites (N-methyl/N-ethyl adjacent to an activating group) is 1. The number of aliphatic hydroxyl groups is 1. The summed E-state index contributed by atoms with van der Waals surface area (Å²) >= 11 is 1.88. The molecule has 0 saturated heterocycles. The first-order valence-electron chi connectivity index (χ1n) is 6.67. The van der Waals surface area contributed by atoms with Gasteiger partial charge in [0.1, 0.15) is 5.54 Å². The van der Waals surface area contributed by atoms with Crippen molar-refractivity contribution in [2.45, 2.75) is 55.6 Å². The Bertz CT molecular complexity index is 275. The Hall–Kier alpha value is -0.260. The molecule has 1 fully saturated rings. The monoisotopic (exact) mass is 275 g/mol. The second-order valence-corrected chi connectivity index (χ2v) is 6.67. The fourth-order valence-corrected chi connectivity index (χ4v) is 4.18. The SMILES string of the molecule is CCNC1(C(=O)OC)CCC(SC(C)CCO)C1. The summed E-state index contributed by atoms with van der Waals surface area (Å²) < 4.78 is 4.94. The van der Waals surface area contributed by atoms with Crippen LogP contribution in [0.2, 0.25) is 0 Å². The van der Waals surface area contributed by atoms with Gasteiger partial charge in [0.2, 0.25) is 0 Å². The highest BCUT2D eigenvalue weighted by Gasteiger charge is 2.46. The number of methoxy groups -OCH3 is 1. The second-order valence-electron chi connectivity index (χ2n) is 4.93. The molecule has 0 bridgehead atoms. The summed E-state index contributed by atoms with van der Waals surface area (Å²) in [7, 11) is 1.45. The molecule has 0 aliphatic heterocycles. The van der Waals surface area contributed by atoms with E-state index in [9.17, 15) is 4.79 Å². The van der Waals surface area contributed by atoms with Crippen molar-refractivity contribution in [3.8, 4) is 0 Å². The van der Waals surface area contributed by atoms with Gasteiger partial charge in [0.25, 0.3) is 0 Å². The van der Waals surface area contributed by atoms with E-state index in [0.717, 1.165) is 32.2 Å². The van der Waals surface area contributed by atoms with Gasteiger partial charge in [-0.2, -0.15) is 11.8 Å². The van der Waals surface area contributed by atoms with Crippen molar-refractivity contribution in [1.29, 1.82) is 0 Å². The summed E-state index contributed by atoms with van der Waals surface area (Å²) in [5.74, 6) is -0.137. The smallest absolute Gasteiger partial charge is 0.326 e. The number of carbonyl (C=O) groups is 1. The molecule has 18 heavy (non-hydrogen) atoms. The summed E-state index contributed by atoms with van der Waals surface area (Å²) in [6, 6.07) is 0. The van der Waals surface area contributed by atoms with E-state index in [-0.39, 0.29) is 12.6 Å². The highest BCUT2D eigenvalue weighted by Crippen LogP contribution is 2.39. The van der Waals surface area contributed by atoms with Crippen LogP contribution in [0.15, 0.2) is 0 Å². The standard InChI is InChI=1S/C13H25NO3S/c1-4-14-13(12(16)17-3)7-5-11(9-13)18-10(2)6-8-15/h10-11,14-15H,4-9H2,1-3H3. The third-order valence-electron chi connectivity index (χ3n) is 3.52. The molecule has 1 saturated carbocycles. The minimum Gasteiger partial charge on any atom is -0.468 e. The van der Waals surface area contributed by atoms with E-state index in [4.69, 9.17) is 9.84 Å². The van der Waals surface area contributed by atoms with Crippen molar-refractivity contribution < 1.29 is 14.6 Å². The third kappa shape index (κ3) is 3.87. The number of hydrogen-bond acceptors (Lipinski definition) is 5. The van der Waals surface area contributed by atoms with E-state index in [0.29, 0.717) is 10.5 Å². The molecular formula is C13H25NO3S. The Morgan fingerprint density at radius 3 is 2.94 bits per heavy atom. The number of rotatable bonds is 7. The zero-order chi connectivity index (χ0) is 13.6. The normalized spacial score (nSPS) is 29.2.